The molecule has 1 fully saturated rings. The first kappa shape index (κ1) is 17.9. The molecular weight excluding hydrogens is 338 g/mol. The van der Waals surface area contributed by atoms with Crippen molar-refractivity contribution in [1.82, 2.24) is 25.0 Å². The summed E-state index contributed by atoms with van der Waals surface area (Å²) in [7, 11) is 1.20. The number of azo groups is 1. The van der Waals surface area contributed by atoms with Gasteiger partial charge in [0.1, 0.15) is 0 Å². The topological polar surface area (TPSA) is 136 Å². The number of H-pyrrole nitrogens is 1. The van der Waals surface area contributed by atoms with E-state index in [1.165, 1.54) is 16.9 Å². The molecule has 2 heterocycles. The third-order valence-corrected chi connectivity index (χ3v) is 3.84. The minimum Gasteiger partial charge on any atom is -0.463 e. The standard InChI is InChI=1S/C12H17N7O4S/c1-4-18-8(20)6(9(21)19(5-2)12(18)24)14-16-11-13-7(15-17-11)10(22)23-3/h6,8,20H,4-5H2,1-3H3,(H,13,15,17). The van der Waals surface area contributed by atoms with Gasteiger partial charge in [-0.25, -0.2) is 4.79 Å². The average Bonchev–Trinajstić information content (AvgIpc) is 3.03. The fourth-order valence-electron chi connectivity index (χ4n) is 2.15. The summed E-state index contributed by atoms with van der Waals surface area (Å²) in [5.74, 6) is -1.41. The smallest absolute Gasteiger partial charge is 0.376 e. The molecule has 1 aliphatic rings. The number of methoxy groups -OCH3 is 1. The summed E-state index contributed by atoms with van der Waals surface area (Å²) in [4.78, 5) is 29.0. The van der Waals surface area contributed by atoms with Gasteiger partial charge in [0.2, 0.25) is 5.82 Å². The Morgan fingerprint density at radius 1 is 1.42 bits per heavy atom. The first-order valence-corrected chi connectivity index (χ1v) is 7.57. The van der Waals surface area contributed by atoms with E-state index in [0.717, 1.165) is 0 Å². The molecule has 0 bridgehead atoms. The highest BCUT2D eigenvalue weighted by Crippen LogP contribution is 2.20. The molecule has 1 aromatic rings. The van der Waals surface area contributed by atoms with Crippen LogP contribution in [0.2, 0.25) is 0 Å². The van der Waals surface area contributed by atoms with Gasteiger partial charge in [0.05, 0.1) is 7.11 Å². The summed E-state index contributed by atoms with van der Waals surface area (Å²) in [6.07, 6.45) is -1.23. The predicted molar refractivity (Wildman–Crippen MR) is 84.4 cm³/mol. The summed E-state index contributed by atoms with van der Waals surface area (Å²) in [6, 6.07) is -1.16. The lowest BCUT2D eigenvalue weighted by Crippen LogP contribution is -2.63. The fourth-order valence-corrected chi connectivity index (χ4v) is 2.60. The molecule has 0 aliphatic carbocycles. The second kappa shape index (κ2) is 7.40. The van der Waals surface area contributed by atoms with Crippen LogP contribution in [0.4, 0.5) is 5.95 Å². The molecular formula is C12H17N7O4S. The van der Waals surface area contributed by atoms with Crippen LogP contribution in [0.15, 0.2) is 10.2 Å². The highest BCUT2D eigenvalue weighted by Gasteiger charge is 2.42. The molecule has 0 aromatic carbocycles. The molecule has 2 atom stereocenters. The molecule has 11 nitrogen and oxygen atoms in total. The van der Waals surface area contributed by atoms with Crippen LogP contribution in [0.3, 0.4) is 0 Å². The highest BCUT2D eigenvalue weighted by atomic mass is 32.1. The maximum atomic E-state index is 12.4. The largest absolute Gasteiger partial charge is 0.463 e. The zero-order chi connectivity index (χ0) is 17.9. The van der Waals surface area contributed by atoms with E-state index in [1.54, 1.807) is 13.8 Å². The number of hydrogen-bond acceptors (Lipinski definition) is 9. The second-order valence-electron chi connectivity index (χ2n) is 4.71. The van der Waals surface area contributed by atoms with Crippen molar-refractivity contribution in [2.45, 2.75) is 26.1 Å². The van der Waals surface area contributed by atoms with Crippen molar-refractivity contribution < 1.29 is 19.4 Å². The maximum Gasteiger partial charge on any atom is 0.376 e. The first-order valence-electron chi connectivity index (χ1n) is 7.16. The van der Waals surface area contributed by atoms with Crippen molar-refractivity contribution >= 4 is 35.2 Å². The summed E-state index contributed by atoms with van der Waals surface area (Å²) in [6.45, 7) is 4.32. The minimum absolute atomic E-state index is 0.0883. The van der Waals surface area contributed by atoms with Gasteiger partial charge in [-0.1, -0.05) is 0 Å². The molecule has 130 valence electrons. The summed E-state index contributed by atoms with van der Waals surface area (Å²) in [5.41, 5.74) is 0. The molecule has 2 unspecified atom stereocenters. The molecule has 1 amide bonds. The van der Waals surface area contributed by atoms with E-state index < -0.39 is 24.1 Å². The van der Waals surface area contributed by atoms with Crippen LogP contribution in [-0.4, -0.2) is 79.5 Å². The number of likely N-dealkylation sites (N-methyl/N-ethyl adjacent to an activating group) is 2. The molecule has 0 saturated carbocycles. The summed E-state index contributed by atoms with van der Waals surface area (Å²) < 4.78 is 4.48. The third kappa shape index (κ3) is 3.23. The molecule has 12 heteroatoms. The average molecular weight is 355 g/mol. The number of thiocarbonyl (C=S) groups is 1. The number of ether oxygens (including phenoxy) is 1. The van der Waals surface area contributed by atoms with Gasteiger partial charge in [0, 0.05) is 13.1 Å². The maximum absolute atomic E-state index is 12.4. The van der Waals surface area contributed by atoms with Crippen LogP contribution in [0.5, 0.6) is 0 Å². The van der Waals surface area contributed by atoms with Crippen LogP contribution in [-0.2, 0) is 9.53 Å². The van der Waals surface area contributed by atoms with Gasteiger partial charge < -0.3 is 14.7 Å². The van der Waals surface area contributed by atoms with Gasteiger partial charge in [-0.15, -0.1) is 15.3 Å². The zero-order valence-corrected chi connectivity index (χ0v) is 14.1. The van der Waals surface area contributed by atoms with Crippen molar-refractivity contribution in [1.29, 1.82) is 0 Å². The zero-order valence-electron chi connectivity index (χ0n) is 13.3. The number of aliphatic hydroxyl groups excluding tert-OH is 1. The minimum atomic E-state index is -1.23. The number of nitrogens with one attached hydrogen (secondary N) is 1. The van der Waals surface area contributed by atoms with Gasteiger partial charge >= 0.3 is 5.97 Å². The van der Waals surface area contributed by atoms with Crippen LogP contribution < -0.4 is 0 Å². The Morgan fingerprint density at radius 3 is 2.71 bits per heavy atom. The lowest BCUT2D eigenvalue weighted by molar-refractivity contribution is -0.138. The first-order chi connectivity index (χ1) is 11.4. The third-order valence-electron chi connectivity index (χ3n) is 3.38. The number of aromatic amines is 1. The van der Waals surface area contributed by atoms with Gasteiger partial charge in [-0.05, 0) is 26.1 Å². The number of aromatic nitrogens is 3. The Bertz CT molecular complexity index is 676. The fraction of sp³-hybridized carbons (Fsp3) is 0.583. The quantitative estimate of drug-likeness (QED) is 0.422. The van der Waals surface area contributed by atoms with Gasteiger partial charge in [-0.3, -0.25) is 14.7 Å². The summed E-state index contributed by atoms with van der Waals surface area (Å²) in [5, 5.41) is 25.3. The Balaban J connectivity index is 2.22. The molecule has 1 saturated heterocycles. The number of carbonyl (C=O) groups excluding carboxylic acids is 2. The second-order valence-corrected chi connectivity index (χ2v) is 5.08. The normalized spacial score (nSPS) is 21.7. The molecule has 0 spiro atoms. The van der Waals surface area contributed by atoms with Crippen molar-refractivity contribution in [3.8, 4) is 0 Å². The van der Waals surface area contributed by atoms with Crippen LogP contribution >= 0.6 is 12.2 Å². The molecule has 1 aromatic heterocycles. The Labute approximate surface area is 142 Å². The van der Waals surface area contributed by atoms with E-state index >= 15 is 0 Å². The lowest BCUT2D eigenvalue weighted by atomic mass is 10.1. The monoisotopic (exact) mass is 355 g/mol. The highest BCUT2D eigenvalue weighted by molar-refractivity contribution is 7.80. The number of rotatable bonds is 5. The Morgan fingerprint density at radius 2 is 2.12 bits per heavy atom. The molecule has 1 aliphatic heterocycles. The Kier molecular flexibility index (Phi) is 5.51. The SMILES string of the molecule is CCN1C(=O)C(N=Nc2nnc(C(=O)OC)[nH]2)C(O)N(CC)C1=S. The van der Waals surface area contributed by atoms with E-state index in [9.17, 15) is 14.7 Å². The van der Waals surface area contributed by atoms with Crippen LogP contribution in [0.25, 0.3) is 0 Å². The molecule has 2 rings (SSSR count). The molecule has 2 N–H and O–H groups in total. The predicted octanol–water partition coefficient (Wildman–Crippen LogP) is -0.169. The van der Waals surface area contributed by atoms with Crippen molar-refractivity contribution in [3.63, 3.8) is 0 Å². The van der Waals surface area contributed by atoms with Gasteiger partial charge in [0.25, 0.3) is 11.9 Å². The molecule has 24 heavy (non-hydrogen) atoms. The van der Waals surface area contributed by atoms with Crippen molar-refractivity contribution in [3.05, 3.63) is 5.82 Å². The number of hydrogen-bond donors (Lipinski definition) is 2. The van der Waals surface area contributed by atoms with Crippen LogP contribution in [0.1, 0.15) is 24.5 Å². The van der Waals surface area contributed by atoms with Crippen molar-refractivity contribution in [2.75, 3.05) is 20.2 Å². The lowest BCUT2D eigenvalue weighted by Gasteiger charge is -2.41. The number of esters is 1. The van der Waals surface area contributed by atoms with Gasteiger partial charge in [0.15, 0.2) is 17.4 Å². The van der Waals surface area contributed by atoms with E-state index in [1.807, 2.05) is 0 Å². The molecule has 0 radical (unpaired) electrons. The number of nitrogens with zero attached hydrogens (tertiary/aromatic N) is 6. The Hall–Kier alpha value is -2.47. The van der Waals surface area contributed by atoms with E-state index in [0.29, 0.717) is 13.1 Å². The number of aliphatic hydroxyl groups is 1. The van der Waals surface area contributed by atoms with Crippen LogP contribution in [0, 0.1) is 0 Å². The number of amides is 1. The summed E-state index contributed by atoms with van der Waals surface area (Å²) >= 11 is 5.20. The van der Waals surface area contributed by atoms with E-state index in [4.69, 9.17) is 12.2 Å². The van der Waals surface area contributed by atoms with E-state index in [-0.39, 0.29) is 16.9 Å². The van der Waals surface area contributed by atoms with Crippen molar-refractivity contribution in [2.24, 2.45) is 10.2 Å². The van der Waals surface area contributed by atoms with E-state index in [2.05, 4.69) is 30.1 Å². The number of carbonyl (C=O) groups is 2. The van der Waals surface area contributed by atoms with Gasteiger partial charge in [-0.2, -0.15) is 5.11 Å².